The minimum absolute atomic E-state index is 0.0217. The summed E-state index contributed by atoms with van der Waals surface area (Å²) in [6, 6.07) is 8.50. The highest BCUT2D eigenvalue weighted by Crippen LogP contribution is 2.48. The molecule has 0 saturated heterocycles. The highest BCUT2D eigenvalue weighted by atomic mass is 79.9. The lowest BCUT2D eigenvalue weighted by molar-refractivity contribution is 0.228. The van der Waals surface area contributed by atoms with E-state index < -0.39 is 0 Å². The lowest BCUT2D eigenvalue weighted by Gasteiger charge is -2.30. The Morgan fingerprint density at radius 1 is 1.20 bits per heavy atom. The van der Waals surface area contributed by atoms with Gasteiger partial charge in [0, 0.05) is 16.8 Å². The van der Waals surface area contributed by atoms with Crippen molar-refractivity contribution in [1.29, 1.82) is 0 Å². The second kappa shape index (κ2) is 3.41. The minimum Gasteiger partial charge on any atom is -0.158 e. The molecule has 2 nitrogen and oxygen atoms in total. The van der Waals surface area contributed by atoms with Crippen molar-refractivity contribution in [3.05, 3.63) is 34.3 Å². The molecule has 0 aromatic heterocycles. The molecule has 0 radical (unpaired) electrons. The van der Waals surface area contributed by atoms with Crippen LogP contribution in [0.3, 0.4) is 0 Å². The quantitative estimate of drug-likeness (QED) is 0.790. The van der Waals surface area contributed by atoms with E-state index in [-0.39, 0.29) is 5.66 Å². The van der Waals surface area contributed by atoms with Gasteiger partial charge in [0.05, 0.1) is 0 Å². The zero-order chi connectivity index (χ0) is 10.3. The van der Waals surface area contributed by atoms with Crippen LogP contribution in [0.15, 0.2) is 39.0 Å². The van der Waals surface area contributed by atoms with E-state index >= 15 is 0 Å². The average Bonchev–Trinajstić information content (AvgIpc) is 2.87. The normalized spacial score (nSPS) is 22.5. The molecule has 1 aliphatic heterocycles. The maximum absolute atomic E-state index is 4.29. The van der Waals surface area contributed by atoms with Crippen LogP contribution in [0.4, 0.5) is 0 Å². The van der Waals surface area contributed by atoms with E-state index in [0.717, 1.165) is 16.8 Å². The molecule has 1 heterocycles. The molecule has 1 fully saturated rings. The van der Waals surface area contributed by atoms with Crippen LogP contribution < -0.4 is 0 Å². The highest BCUT2D eigenvalue weighted by Gasteiger charge is 2.49. The summed E-state index contributed by atoms with van der Waals surface area (Å²) >= 11 is 3.45. The Balaban J connectivity index is 1.72. The molecule has 0 bridgehead atoms. The molecular formula is C12H13BrN2. The minimum atomic E-state index is -0.0217. The van der Waals surface area contributed by atoms with Crippen LogP contribution in [0.1, 0.15) is 24.8 Å². The van der Waals surface area contributed by atoms with Crippen molar-refractivity contribution in [2.24, 2.45) is 16.1 Å². The number of benzene rings is 1. The van der Waals surface area contributed by atoms with Gasteiger partial charge in [-0.3, -0.25) is 0 Å². The van der Waals surface area contributed by atoms with Crippen LogP contribution in [0.25, 0.3) is 0 Å². The zero-order valence-corrected chi connectivity index (χ0v) is 10.1. The van der Waals surface area contributed by atoms with Crippen LogP contribution in [0, 0.1) is 5.92 Å². The Labute approximate surface area is 97.9 Å². The summed E-state index contributed by atoms with van der Waals surface area (Å²) < 4.78 is 1.13. The van der Waals surface area contributed by atoms with E-state index in [4.69, 9.17) is 0 Å². The van der Waals surface area contributed by atoms with E-state index in [0.29, 0.717) is 0 Å². The summed E-state index contributed by atoms with van der Waals surface area (Å²) in [7, 11) is 0. The fourth-order valence-electron chi connectivity index (χ4n) is 2.22. The molecule has 2 aliphatic rings. The fraction of sp³-hybridized carbons (Fsp3) is 0.500. The lowest BCUT2D eigenvalue weighted by Crippen LogP contribution is -2.32. The van der Waals surface area contributed by atoms with Crippen LogP contribution in [-0.2, 0) is 6.42 Å². The van der Waals surface area contributed by atoms with Crippen molar-refractivity contribution in [2.75, 3.05) is 0 Å². The summed E-state index contributed by atoms with van der Waals surface area (Å²) in [5, 5.41) is 8.57. The molecule has 0 atom stereocenters. The van der Waals surface area contributed by atoms with Gasteiger partial charge in [-0.1, -0.05) is 34.5 Å². The summed E-state index contributed by atoms with van der Waals surface area (Å²) in [5.41, 5.74) is 1.32. The molecule has 15 heavy (non-hydrogen) atoms. The Bertz CT molecular complexity index is 387. The van der Waals surface area contributed by atoms with E-state index in [9.17, 15) is 0 Å². The molecular weight excluding hydrogens is 252 g/mol. The first-order valence-electron chi connectivity index (χ1n) is 5.47. The summed E-state index contributed by atoms with van der Waals surface area (Å²) in [4.78, 5) is 0. The van der Waals surface area contributed by atoms with E-state index in [1.54, 1.807) is 0 Å². The van der Waals surface area contributed by atoms with Gasteiger partial charge in [0.15, 0.2) is 5.66 Å². The van der Waals surface area contributed by atoms with Crippen LogP contribution in [0.5, 0.6) is 0 Å². The van der Waals surface area contributed by atoms with Crippen LogP contribution >= 0.6 is 15.9 Å². The second-order valence-corrected chi connectivity index (χ2v) is 5.43. The first kappa shape index (κ1) is 9.52. The van der Waals surface area contributed by atoms with Gasteiger partial charge in [-0.15, -0.1) is 0 Å². The number of hydrogen-bond acceptors (Lipinski definition) is 2. The van der Waals surface area contributed by atoms with Crippen molar-refractivity contribution in [3.8, 4) is 0 Å². The highest BCUT2D eigenvalue weighted by molar-refractivity contribution is 9.10. The van der Waals surface area contributed by atoms with Gasteiger partial charge in [0.25, 0.3) is 0 Å². The average molecular weight is 265 g/mol. The van der Waals surface area contributed by atoms with Crippen molar-refractivity contribution in [1.82, 2.24) is 0 Å². The van der Waals surface area contributed by atoms with Crippen molar-refractivity contribution >= 4 is 15.9 Å². The van der Waals surface area contributed by atoms with Gasteiger partial charge in [-0.2, -0.15) is 10.2 Å². The van der Waals surface area contributed by atoms with Crippen molar-refractivity contribution in [2.45, 2.75) is 31.3 Å². The van der Waals surface area contributed by atoms with E-state index in [1.165, 1.54) is 24.8 Å². The molecule has 0 spiro atoms. The molecule has 1 aromatic rings. The predicted octanol–water partition coefficient (Wildman–Crippen LogP) is 3.95. The number of rotatable bonds is 3. The number of nitrogens with zero attached hydrogens (tertiary/aromatic N) is 2. The van der Waals surface area contributed by atoms with Gasteiger partial charge < -0.3 is 0 Å². The topological polar surface area (TPSA) is 24.7 Å². The molecule has 0 N–H and O–H groups in total. The second-order valence-electron chi connectivity index (χ2n) is 4.51. The smallest absolute Gasteiger partial charge is 0.158 e. The van der Waals surface area contributed by atoms with Gasteiger partial charge in [-0.25, -0.2) is 0 Å². The summed E-state index contributed by atoms with van der Waals surface area (Å²) in [5.74, 6) is 0.723. The Hall–Kier alpha value is -0.700. The first-order chi connectivity index (χ1) is 7.28. The van der Waals surface area contributed by atoms with Crippen molar-refractivity contribution in [3.63, 3.8) is 0 Å². The molecule has 1 aromatic carbocycles. The Kier molecular flexibility index (Phi) is 2.16. The van der Waals surface area contributed by atoms with Crippen LogP contribution in [-0.4, -0.2) is 5.66 Å². The Morgan fingerprint density at radius 2 is 1.87 bits per heavy atom. The van der Waals surface area contributed by atoms with Gasteiger partial charge in [-0.05, 0) is 30.5 Å². The third-order valence-corrected chi connectivity index (χ3v) is 4.02. The maximum Gasteiger partial charge on any atom is 0.197 e. The molecule has 0 amide bonds. The Morgan fingerprint density at radius 3 is 2.33 bits per heavy atom. The molecule has 3 heteroatoms. The summed E-state index contributed by atoms with van der Waals surface area (Å²) in [6.45, 7) is 0. The van der Waals surface area contributed by atoms with E-state index in [1.807, 2.05) is 0 Å². The third kappa shape index (κ3) is 1.73. The SMILES string of the molecule is Brc1ccc(CC2(C3CCC3)N=N2)cc1. The van der Waals surface area contributed by atoms with E-state index in [2.05, 4.69) is 50.4 Å². The number of hydrogen-bond donors (Lipinski definition) is 0. The molecule has 78 valence electrons. The maximum atomic E-state index is 4.29. The third-order valence-electron chi connectivity index (χ3n) is 3.49. The van der Waals surface area contributed by atoms with Gasteiger partial charge in [0.2, 0.25) is 0 Å². The van der Waals surface area contributed by atoms with Crippen LogP contribution in [0.2, 0.25) is 0 Å². The predicted molar refractivity (Wildman–Crippen MR) is 62.8 cm³/mol. The zero-order valence-electron chi connectivity index (χ0n) is 8.49. The lowest BCUT2D eigenvalue weighted by atomic mass is 9.75. The largest absolute Gasteiger partial charge is 0.197 e. The van der Waals surface area contributed by atoms with Gasteiger partial charge >= 0.3 is 0 Å². The monoisotopic (exact) mass is 264 g/mol. The summed E-state index contributed by atoms with van der Waals surface area (Å²) in [6.07, 6.45) is 4.97. The molecule has 3 rings (SSSR count). The first-order valence-corrected chi connectivity index (χ1v) is 6.26. The van der Waals surface area contributed by atoms with Gasteiger partial charge in [0.1, 0.15) is 0 Å². The fourth-order valence-corrected chi connectivity index (χ4v) is 2.48. The standard InChI is InChI=1S/C12H13BrN2/c13-11-6-4-9(5-7-11)8-12(14-15-12)10-2-1-3-10/h4-7,10H,1-3,8H2. The molecule has 1 aliphatic carbocycles. The number of halogens is 1. The molecule has 1 saturated carbocycles. The molecule has 0 unspecified atom stereocenters. The van der Waals surface area contributed by atoms with Crippen molar-refractivity contribution < 1.29 is 0 Å².